The molecule has 3 N–H and O–H groups in total. The number of nitrogens with zero attached hydrogens (tertiary/aromatic N) is 1. The van der Waals surface area contributed by atoms with E-state index >= 15 is 0 Å². The van der Waals surface area contributed by atoms with Gasteiger partial charge in [-0.1, -0.05) is 18.2 Å². The van der Waals surface area contributed by atoms with Gasteiger partial charge in [0.05, 0.1) is 12.7 Å². The number of methoxy groups -OCH3 is 1. The quantitative estimate of drug-likeness (QED) is 0.438. The van der Waals surface area contributed by atoms with Crippen molar-refractivity contribution in [3.05, 3.63) is 84.2 Å². The van der Waals surface area contributed by atoms with Gasteiger partial charge in [0.15, 0.2) is 0 Å². The van der Waals surface area contributed by atoms with Gasteiger partial charge in [-0.25, -0.2) is 4.98 Å². The molecular formula is C23H22N4O2. The Hall–Kier alpha value is -3.80. The SMILES string of the molecule is COc1ccc(NC(=O)c2ccc(NCCc3c[nH]c4ccccc34)nc2)cc1. The van der Waals surface area contributed by atoms with E-state index in [0.717, 1.165) is 30.0 Å². The summed E-state index contributed by atoms with van der Waals surface area (Å²) in [7, 11) is 1.61. The molecule has 2 aromatic heterocycles. The van der Waals surface area contributed by atoms with Gasteiger partial charge in [-0.05, 0) is 54.4 Å². The van der Waals surface area contributed by atoms with Crippen LogP contribution in [0, 0.1) is 0 Å². The van der Waals surface area contributed by atoms with Gasteiger partial charge in [0.1, 0.15) is 11.6 Å². The van der Waals surface area contributed by atoms with E-state index in [0.29, 0.717) is 11.3 Å². The van der Waals surface area contributed by atoms with E-state index in [9.17, 15) is 4.79 Å². The molecule has 4 rings (SSSR count). The van der Waals surface area contributed by atoms with Gasteiger partial charge >= 0.3 is 0 Å². The number of pyridine rings is 1. The predicted octanol–water partition coefficient (Wildman–Crippen LogP) is 4.48. The first-order valence-corrected chi connectivity index (χ1v) is 9.43. The lowest BCUT2D eigenvalue weighted by atomic mass is 10.1. The fraction of sp³-hybridized carbons (Fsp3) is 0.130. The lowest BCUT2D eigenvalue weighted by molar-refractivity contribution is 0.102. The molecule has 29 heavy (non-hydrogen) atoms. The van der Waals surface area contributed by atoms with Crippen molar-refractivity contribution >= 4 is 28.3 Å². The first-order valence-electron chi connectivity index (χ1n) is 9.43. The molecule has 2 aromatic carbocycles. The molecule has 0 aliphatic rings. The Bertz CT molecular complexity index is 1100. The van der Waals surface area contributed by atoms with Gasteiger partial charge in [0, 0.05) is 35.5 Å². The van der Waals surface area contributed by atoms with Crippen LogP contribution in [0.15, 0.2) is 73.1 Å². The maximum absolute atomic E-state index is 12.4. The normalized spacial score (nSPS) is 10.7. The average Bonchev–Trinajstić information content (AvgIpc) is 3.18. The second kappa shape index (κ2) is 8.48. The molecule has 2 heterocycles. The number of benzene rings is 2. The van der Waals surface area contributed by atoms with Crippen LogP contribution in [0.5, 0.6) is 5.75 Å². The highest BCUT2D eigenvalue weighted by Crippen LogP contribution is 2.18. The van der Waals surface area contributed by atoms with Crippen LogP contribution < -0.4 is 15.4 Å². The van der Waals surface area contributed by atoms with Gasteiger partial charge in [0.25, 0.3) is 5.91 Å². The van der Waals surface area contributed by atoms with Gasteiger partial charge in [-0.15, -0.1) is 0 Å². The summed E-state index contributed by atoms with van der Waals surface area (Å²) in [4.78, 5) is 20.0. The predicted molar refractivity (Wildman–Crippen MR) is 116 cm³/mol. The summed E-state index contributed by atoms with van der Waals surface area (Å²) in [6.45, 7) is 0.756. The minimum absolute atomic E-state index is 0.201. The average molecular weight is 386 g/mol. The molecule has 4 aromatic rings. The van der Waals surface area contributed by atoms with E-state index in [4.69, 9.17) is 4.74 Å². The minimum atomic E-state index is -0.201. The Balaban J connectivity index is 1.32. The number of fused-ring (bicyclic) bond motifs is 1. The van der Waals surface area contributed by atoms with Gasteiger partial charge in [-0.3, -0.25) is 4.79 Å². The van der Waals surface area contributed by atoms with Crippen molar-refractivity contribution in [2.24, 2.45) is 0 Å². The summed E-state index contributed by atoms with van der Waals surface area (Å²) in [6, 6.07) is 19.0. The molecule has 6 nitrogen and oxygen atoms in total. The molecule has 6 heteroatoms. The number of ether oxygens (including phenoxy) is 1. The van der Waals surface area contributed by atoms with Crippen LogP contribution in [-0.4, -0.2) is 29.5 Å². The van der Waals surface area contributed by atoms with Crippen LogP contribution in [0.1, 0.15) is 15.9 Å². The Morgan fingerprint density at radius 2 is 1.90 bits per heavy atom. The first-order chi connectivity index (χ1) is 14.2. The number of H-pyrrole nitrogens is 1. The standard InChI is InChI=1S/C23H22N4O2/c1-29-19-9-7-18(8-10-19)27-23(28)17-6-11-22(26-15-17)24-13-12-16-14-25-21-5-3-2-4-20(16)21/h2-11,14-15,25H,12-13H2,1H3,(H,24,26)(H,27,28). The molecule has 0 spiro atoms. The van der Waals surface area contributed by atoms with Crippen molar-refractivity contribution in [3.8, 4) is 5.75 Å². The number of carbonyl (C=O) groups excluding carboxylic acids is 1. The zero-order valence-electron chi connectivity index (χ0n) is 16.1. The maximum atomic E-state index is 12.4. The van der Waals surface area contributed by atoms with Gasteiger partial charge in [-0.2, -0.15) is 0 Å². The molecule has 0 fully saturated rings. The van der Waals surface area contributed by atoms with E-state index in [1.165, 1.54) is 10.9 Å². The smallest absolute Gasteiger partial charge is 0.257 e. The number of rotatable bonds is 7. The third kappa shape index (κ3) is 4.38. The number of para-hydroxylation sites is 1. The lowest BCUT2D eigenvalue weighted by Gasteiger charge is -2.08. The molecule has 1 amide bonds. The highest BCUT2D eigenvalue weighted by molar-refractivity contribution is 6.04. The number of aromatic amines is 1. The second-order valence-electron chi connectivity index (χ2n) is 6.65. The summed E-state index contributed by atoms with van der Waals surface area (Å²) in [5.41, 5.74) is 3.62. The molecule has 0 saturated carbocycles. The van der Waals surface area contributed by atoms with E-state index in [2.05, 4.69) is 32.7 Å². The summed E-state index contributed by atoms with van der Waals surface area (Å²) < 4.78 is 5.12. The molecule has 0 unspecified atom stereocenters. The number of carbonyl (C=O) groups is 1. The third-order valence-corrected chi connectivity index (χ3v) is 4.75. The number of aromatic nitrogens is 2. The molecular weight excluding hydrogens is 364 g/mol. The van der Waals surface area contributed by atoms with Crippen LogP contribution >= 0.6 is 0 Å². The highest BCUT2D eigenvalue weighted by atomic mass is 16.5. The Kier molecular flexibility index (Phi) is 5.42. The molecule has 146 valence electrons. The van der Waals surface area contributed by atoms with Crippen LogP contribution in [0.25, 0.3) is 10.9 Å². The van der Waals surface area contributed by atoms with Crippen molar-refractivity contribution < 1.29 is 9.53 Å². The summed E-state index contributed by atoms with van der Waals surface area (Å²) in [5.74, 6) is 1.28. The second-order valence-corrected chi connectivity index (χ2v) is 6.65. The highest BCUT2D eigenvalue weighted by Gasteiger charge is 2.07. The largest absolute Gasteiger partial charge is 0.497 e. The number of amides is 1. The van der Waals surface area contributed by atoms with Crippen LogP contribution in [0.2, 0.25) is 0 Å². The number of hydrogen-bond acceptors (Lipinski definition) is 4. The number of anilines is 2. The van der Waals surface area contributed by atoms with Crippen molar-refractivity contribution in [2.45, 2.75) is 6.42 Å². The zero-order chi connectivity index (χ0) is 20.1. The zero-order valence-corrected chi connectivity index (χ0v) is 16.1. The Morgan fingerprint density at radius 1 is 1.07 bits per heavy atom. The van der Waals surface area contributed by atoms with Crippen molar-refractivity contribution in [3.63, 3.8) is 0 Å². The molecule has 0 bridgehead atoms. The number of nitrogens with one attached hydrogen (secondary N) is 3. The van der Waals surface area contributed by atoms with E-state index in [-0.39, 0.29) is 5.91 Å². The van der Waals surface area contributed by atoms with E-state index in [1.807, 2.05) is 24.4 Å². The molecule has 0 atom stereocenters. The van der Waals surface area contributed by atoms with Crippen LogP contribution in [0.4, 0.5) is 11.5 Å². The van der Waals surface area contributed by atoms with Crippen molar-refractivity contribution in [2.75, 3.05) is 24.3 Å². The molecule has 0 aliphatic carbocycles. The van der Waals surface area contributed by atoms with Gasteiger partial charge < -0.3 is 20.4 Å². The van der Waals surface area contributed by atoms with Crippen molar-refractivity contribution in [1.82, 2.24) is 9.97 Å². The monoisotopic (exact) mass is 386 g/mol. The molecule has 0 aliphatic heterocycles. The summed E-state index contributed by atoms with van der Waals surface area (Å²) >= 11 is 0. The molecule has 0 saturated heterocycles. The maximum Gasteiger partial charge on any atom is 0.257 e. The van der Waals surface area contributed by atoms with E-state index < -0.39 is 0 Å². The Labute approximate surface area is 168 Å². The van der Waals surface area contributed by atoms with Crippen LogP contribution in [-0.2, 0) is 6.42 Å². The fourth-order valence-corrected chi connectivity index (χ4v) is 3.17. The molecule has 0 radical (unpaired) electrons. The summed E-state index contributed by atoms with van der Waals surface area (Å²) in [6.07, 6.45) is 4.50. The van der Waals surface area contributed by atoms with Crippen molar-refractivity contribution in [1.29, 1.82) is 0 Å². The number of hydrogen-bond donors (Lipinski definition) is 3. The van der Waals surface area contributed by atoms with Gasteiger partial charge in [0.2, 0.25) is 0 Å². The topological polar surface area (TPSA) is 79.0 Å². The Morgan fingerprint density at radius 3 is 2.66 bits per heavy atom. The lowest BCUT2D eigenvalue weighted by Crippen LogP contribution is -2.13. The third-order valence-electron chi connectivity index (χ3n) is 4.75. The fourth-order valence-electron chi connectivity index (χ4n) is 3.17. The first kappa shape index (κ1) is 18.6. The summed E-state index contributed by atoms with van der Waals surface area (Å²) in [5, 5.41) is 7.40. The van der Waals surface area contributed by atoms with E-state index in [1.54, 1.807) is 43.6 Å². The van der Waals surface area contributed by atoms with Crippen LogP contribution in [0.3, 0.4) is 0 Å². The minimum Gasteiger partial charge on any atom is -0.497 e.